The van der Waals surface area contributed by atoms with Crippen molar-refractivity contribution in [1.29, 1.82) is 0 Å². The van der Waals surface area contributed by atoms with Gasteiger partial charge in [0.25, 0.3) is 0 Å². The van der Waals surface area contributed by atoms with Crippen LogP contribution in [-0.2, 0) is 10.3 Å². The van der Waals surface area contributed by atoms with Crippen LogP contribution < -0.4 is 5.73 Å². The summed E-state index contributed by atoms with van der Waals surface area (Å²) in [5, 5.41) is 0. The van der Waals surface area contributed by atoms with E-state index < -0.39 is 0 Å². The van der Waals surface area contributed by atoms with Crippen molar-refractivity contribution in [1.82, 2.24) is 0 Å². The number of ether oxygens (including phenoxy) is 1. The van der Waals surface area contributed by atoms with E-state index in [9.17, 15) is 4.79 Å². The van der Waals surface area contributed by atoms with Crippen LogP contribution in [0.4, 0.5) is 0 Å². The summed E-state index contributed by atoms with van der Waals surface area (Å²) in [6, 6.07) is 7.33. The highest BCUT2D eigenvalue weighted by molar-refractivity contribution is 5.89. The molecule has 1 aromatic rings. The van der Waals surface area contributed by atoms with Crippen LogP contribution in [0.25, 0.3) is 0 Å². The number of carbonyl (C=O) groups is 1. The summed E-state index contributed by atoms with van der Waals surface area (Å²) in [6.45, 7) is 0. The van der Waals surface area contributed by atoms with Crippen molar-refractivity contribution in [2.45, 2.75) is 18.4 Å². The molecule has 2 rings (SSSR count). The van der Waals surface area contributed by atoms with Crippen LogP contribution in [-0.4, -0.2) is 19.4 Å². The molecule has 0 unspecified atom stereocenters. The third-order valence-corrected chi connectivity index (χ3v) is 2.89. The number of hydrogen-bond acceptors (Lipinski definition) is 3. The molecule has 2 N–H and O–H groups in total. The lowest BCUT2D eigenvalue weighted by Crippen LogP contribution is -2.07. The molecule has 0 saturated heterocycles. The Morgan fingerprint density at radius 1 is 1.44 bits per heavy atom. The topological polar surface area (TPSA) is 64.7 Å². The third kappa shape index (κ3) is 1.78. The van der Waals surface area contributed by atoms with Crippen LogP contribution >= 0.6 is 0 Å². The molecular weight excluding hydrogens is 204 g/mol. The minimum atomic E-state index is -0.321. The highest BCUT2D eigenvalue weighted by Crippen LogP contribution is 2.49. The van der Waals surface area contributed by atoms with Crippen LogP contribution in [0.5, 0.6) is 0 Å². The molecule has 16 heavy (non-hydrogen) atoms. The van der Waals surface area contributed by atoms with Crippen molar-refractivity contribution in [3.8, 4) is 0 Å². The smallest absolute Gasteiger partial charge is 0.337 e. The van der Waals surface area contributed by atoms with Crippen LogP contribution in [0.2, 0.25) is 0 Å². The van der Waals surface area contributed by atoms with Gasteiger partial charge in [-0.25, -0.2) is 4.79 Å². The fraction of sp³-hybridized carbons (Fsp3) is 0.333. The van der Waals surface area contributed by atoms with Gasteiger partial charge in [0.1, 0.15) is 0 Å². The van der Waals surface area contributed by atoms with Gasteiger partial charge >= 0.3 is 5.97 Å². The Hall–Kier alpha value is -1.84. The summed E-state index contributed by atoms with van der Waals surface area (Å²) < 4.78 is 4.64. The highest BCUT2D eigenvalue weighted by atomic mass is 16.5. The quantitative estimate of drug-likeness (QED) is 0.474. The number of nitrogens with zero attached hydrogens (tertiary/aromatic N) is 1. The lowest BCUT2D eigenvalue weighted by atomic mass is 10.0. The largest absolute Gasteiger partial charge is 0.465 e. The minimum Gasteiger partial charge on any atom is -0.465 e. The van der Waals surface area contributed by atoms with Crippen molar-refractivity contribution < 1.29 is 9.53 Å². The monoisotopic (exact) mass is 218 g/mol. The van der Waals surface area contributed by atoms with Gasteiger partial charge in [-0.1, -0.05) is 12.1 Å². The molecule has 1 fully saturated rings. The minimum absolute atomic E-state index is 0.136. The van der Waals surface area contributed by atoms with E-state index in [1.165, 1.54) is 13.4 Å². The predicted octanol–water partition coefficient (Wildman–Crippen LogP) is 1.45. The van der Waals surface area contributed by atoms with Crippen LogP contribution in [0, 0.1) is 0 Å². The van der Waals surface area contributed by atoms with Gasteiger partial charge in [-0.05, 0) is 30.5 Å². The Labute approximate surface area is 94.1 Å². The number of hydrogen-bond donors (Lipinski definition) is 1. The summed E-state index contributed by atoms with van der Waals surface area (Å²) in [5.74, 6) is -0.321. The van der Waals surface area contributed by atoms with E-state index in [0.717, 1.165) is 18.4 Å². The molecule has 1 aromatic carbocycles. The molecule has 0 spiro atoms. The zero-order valence-corrected chi connectivity index (χ0v) is 9.14. The van der Waals surface area contributed by atoms with Gasteiger partial charge in [0.2, 0.25) is 0 Å². The lowest BCUT2D eigenvalue weighted by Gasteiger charge is -2.10. The zero-order valence-electron chi connectivity index (χ0n) is 9.14. The summed E-state index contributed by atoms with van der Waals surface area (Å²) in [7, 11) is 1.37. The number of carbonyl (C=O) groups excluding carboxylic acids is 1. The van der Waals surface area contributed by atoms with E-state index in [1.807, 2.05) is 12.1 Å². The second-order valence-electron chi connectivity index (χ2n) is 3.88. The van der Waals surface area contributed by atoms with E-state index in [2.05, 4.69) is 9.73 Å². The van der Waals surface area contributed by atoms with Gasteiger partial charge < -0.3 is 10.5 Å². The number of aliphatic imine (C=N–C) groups is 1. The first kappa shape index (κ1) is 10.7. The van der Waals surface area contributed by atoms with Gasteiger partial charge in [0.05, 0.1) is 24.6 Å². The summed E-state index contributed by atoms with van der Waals surface area (Å²) in [4.78, 5) is 15.5. The zero-order chi connectivity index (χ0) is 11.6. The third-order valence-electron chi connectivity index (χ3n) is 2.89. The highest BCUT2D eigenvalue weighted by Gasteiger charge is 2.43. The van der Waals surface area contributed by atoms with E-state index >= 15 is 0 Å². The van der Waals surface area contributed by atoms with Gasteiger partial charge in [0.15, 0.2) is 0 Å². The molecule has 84 valence electrons. The van der Waals surface area contributed by atoms with Crippen molar-refractivity contribution in [3.63, 3.8) is 0 Å². The van der Waals surface area contributed by atoms with E-state index in [1.54, 1.807) is 12.1 Å². The fourth-order valence-corrected chi connectivity index (χ4v) is 1.79. The Morgan fingerprint density at radius 3 is 2.50 bits per heavy atom. The molecule has 1 aliphatic rings. The number of rotatable bonds is 3. The first-order valence-electron chi connectivity index (χ1n) is 5.16. The second kappa shape index (κ2) is 3.96. The molecule has 4 nitrogen and oxygen atoms in total. The SMILES string of the molecule is COC(=O)c1ccc(C2(N=CN)CC2)cc1. The average molecular weight is 218 g/mol. The Balaban J connectivity index is 2.23. The number of esters is 1. The van der Waals surface area contributed by atoms with Crippen molar-refractivity contribution in [3.05, 3.63) is 35.4 Å². The standard InChI is InChI=1S/C12H14N2O2/c1-16-11(15)9-2-4-10(5-3-9)12(6-7-12)14-8-13/h2-5,8H,6-7H2,1H3,(H2,13,14). The molecule has 1 aliphatic carbocycles. The maximum Gasteiger partial charge on any atom is 0.337 e. The first-order chi connectivity index (χ1) is 7.72. The molecular formula is C12H14N2O2. The maximum absolute atomic E-state index is 11.2. The van der Waals surface area contributed by atoms with Crippen LogP contribution in [0.15, 0.2) is 29.3 Å². The molecule has 0 heterocycles. The Kier molecular flexibility index (Phi) is 2.64. The van der Waals surface area contributed by atoms with E-state index in [4.69, 9.17) is 5.73 Å². The van der Waals surface area contributed by atoms with Gasteiger partial charge in [0, 0.05) is 0 Å². The lowest BCUT2D eigenvalue weighted by molar-refractivity contribution is 0.0600. The first-order valence-corrected chi connectivity index (χ1v) is 5.16. The molecule has 0 aromatic heterocycles. The molecule has 0 amide bonds. The Bertz CT molecular complexity index is 419. The van der Waals surface area contributed by atoms with Crippen molar-refractivity contribution >= 4 is 12.3 Å². The van der Waals surface area contributed by atoms with Crippen LogP contribution in [0.3, 0.4) is 0 Å². The predicted molar refractivity (Wildman–Crippen MR) is 61.4 cm³/mol. The van der Waals surface area contributed by atoms with Crippen molar-refractivity contribution in [2.24, 2.45) is 10.7 Å². The van der Waals surface area contributed by atoms with Crippen LogP contribution in [0.1, 0.15) is 28.8 Å². The van der Waals surface area contributed by atoms with Gasteiger partial charge in [-0.15, -0.1) is 0 Å². The maximum atomic E-state index is 11.2. The second-order valence-corrected chi connectivity index (χ2v) is 3.88. The molecule has 1 saturated carbocycles. The molecule has 0 atom stereocenters. The number of benzene rings is 1. The van der Waals surface area contributed by atoms with Crippen molar-refractivity contribution in [2.75, 3.05) is 7.11 Å². The molecule has 0 bridgehead atoms. The number of methoxy groups -OCH3 is 1. The normalized spacial score (nSPS) is 17.3. The van der Waals surface area contributed by atoms with Gasteiger partial charge in [-0.2, -0.15) is 0 Å². The average Bonchev–Trinajstić information content (AvgIpc) is 3.10. The van der Waals surface area contributed by atoms with E-state index in [0.29, 0.717) is 5.56 Å². The summed E-state index contributed by atoms with van der Waals surface area (Å²) in [5.41, 5.74) is 6.84. The molecule has 4 heteroatoms. The molecule has 0 radical (unpaired) electrons. The number of nitrogens with two attached hydrogens (primary N) is 1. The fourth-order valence-electron chi connectivity index (χ4n) is 1.79. The molecule has 0 aliphatic heterocycles. The summed E-state index contributed by atoms with van der Waals surface area (Å²) in [6.07, 6.45) is 3.37. The Morgan fingerprint density at radius 2 is 2.06 bits per heavy atom. The summed E-state index contributed by atoms with van der Waals surface area (Å²) >= 11 is 0. The van der Waals surface area contributed by atoms with E-state index in [-0.39, 0.29) is 11.5 Å². The van der Waals surface area contributed by atoms with Gasteiger partial charge in [-0.3, -0.25) is 4.99 Å².